The first-order valence-electron chi connectivity index (χ1n) is 12.6. The molecule has 1 aromatic carbocycles. The number of amides is 2. The number of nitrogens with zero attached hydrogens (tertiary/aromatic N) is 4. The number of ether oxygens (including phenoxy) is 1. The van der Waals surface area contributed by atoms with Gasteiger partial charge in [0, 0.05) is 62.1 Å². The Kier molecular flexibility index (Phi) is 8.23. The summed E-state index contributed by atoms with van der Waals surface area (Å²) in [4.78, 5) is 36.5. The zero-order valence-corrected chi connectivity index (χ0v) is 21.1. The molecule has 8 nitrogen and oxygen atoms in total. The smallest absolute Gasteiger partial charge is 0.260 e. The van der Waals surface area contributed by atoms with Crippen LogP contribution < -0.4 is 15.0 Å². The average Bonchev–Trinajstić information content (AvgIpc) is 2.87. The van der Waals surface area contributed by atoms with E-state index < -0.39 is 0 Å². The first kappa shape index (κ1) is 25.0. The largest absolute Gasteiger partial charge is 0.484 e. The van der Waals surface area contributed by atoms with Crippen molar-refractivity contribution in [3.63, 3.8) is 0 Å². The second kappa shape index (κ2) is 11.5. The molecule has 2 aromatic rings. The lowest BCUT2D eigenvalue weighted by Gasteiger charge is -2.38. The van der Waals surface area contributed by atoms with E-state index in [9.17, 15) is 9.59 Å². The number of benzene rings is 1. The number of hydrogen-bond acceptors (Lipinski definition) is 6. The fraction of sp³-hybridized carbons (Fsp3) is 0.519. The zero-order valence-electron chi connectivity index (χ0n) is 21.1. The highest BCUT2D eigenvalue weighted by atomic mass is 16.5. The third kappa shape index (κ3) is 6.31. The van der Waals surface area contributed by atoms with E-state index in [2.05, 4.69) is 41.0 Å². The van der Waals surface area contributed by atoms with Gasteiger partial charge in [-0.05, 0) is 70.5 Å². The van der Waals surface area contributed by atoms with E-state index in [0.717, 1.165) is 56.8 Å². The van der Waals surface area contributed by atoms with Crippen molar-refractivity contribution in [3.05, 3.63) is 53.7 Å². The summed E-state index contributed by atoms with van der Waals surface area (Å²) in [6.45, 7) is 8.46. The Hall–Kier alpha value is -3.13. The Labute approximate surface area is 208 Å². The van der Waals surface area contributed by atoms with Gasteiger partial charge in [0.25, 0.3) is 11.8 Å². The summed E-state index contributed by atoms with van der Waals surface area (Å²) in [6, 6.07) is 11.3. The molecule has 2 unspecified atom stereocenters. The van der Waals surface area contributed by atoms with Crippen molar-refractivity contribution in [3.8, 4) is 5.75 Å². The SMILES string of the molecule is CC1CCCC(C)N1C(=O)COc1ccc(C(=O)NCc2cccnc2N2CCN(C)CC2)cc1. The average molecular weight is 480 g/mol. The van der Waals surface area contributed by atoms with Crippen molar-refractivity contribution < 1.29 is 14.3 Å². The minimum atomic E-state index is -0.156. The van der Waals surface area contributed by atoms with Gasteiger partial charge in [0.05, 0.1) is 0 Å². The van der Waals surface area contributed by atoms with E-state index in [1.807, 2.05) is 17.0 Å². The van der Waals surface area contributed by atoms with Crippen molar-refractivity contribution >= 4 is 17.6 Å². The van der Waals surface area contributed by atoms with Crippen LogP contribution in [0.15, 0.2) is 42.6 Å². The van der Waals surface area contributed by atoms with E-state index in [-0.39, 0.29) is 30.5 Å². The molecule has 2 amide bonds. The number of carbonyl (C=O) groups excluding carboxylic acids is 2. The molecular weight excluding hydrogens is 442 g/mol. The van der Waals surface area contributed by atoms with Crippen molar-refractivity contribution in [2.24, 2.45) is 0 Å². The highest BCUT2D eigenvalue weighted by Crippen LogP contribution is 2.23. The Balaban J connectivity index is 1.29. The first-order valence-corrected chi connectivity index (χ1v) is 12.6. The molecule has 8 heteroatoms. The molecule has 1 aromatic heterocycles. The third-order valence-corrected chi connectivity index (χ3v) is 7.07. The second-order valence-corrected chi connectivity index (χ2v) is 9.70. The summed E-state index contributed by atoms with van der Waals surface area (Å²) in [5.74, 6) is 1.37. The molecule has 2 aliphatic rings. The number of likely N-dealkylation sites (tertiary alicyclic amines) is 1. The highest BCUT2D eigenvalue weighted by Gasteiger charge is 2.29. The number of pyridine rings is 1. The molecule has 0 radical (unpaired) electrons. The molecule has 35 heavy (non-hydrogen) atoms. The lowest BCUT2D eigenvalue weighted by molar-refractivity contribution is -0.139. The highest BCUT2D eigenvalue weighted by molar-refractivity contribution is 5.94. The number of aromatic nitrogens is 1. The predicted octanol–water partition coefficient (Wildman–Crippen LogP) is 2.93. The Morgan fingerprint density at radius 1 is 1.03 bits per heavy atom. The van der Waals surface area contributed by atoms with Gasteiger partial charge in [-0.15, -0.1) is 0 Å². The molecule has 2 fully saturated rings. The van der Waals surface area contributed by atoms with Gasteiger partial charge in [-0.1, -0.05) is 6.07 Å². The van der Waals surface area contributed by atoms with Crippen molar-refractivity contribution in [1.29, 1.82) is 0 Å². The number of carbonyl (C=O) groups is 2. The van der Waals surface area contributed by atoms with Gasteiger partial charge in [0.2, 0.25) is 0 Å². The van der Waals surface area contributed by atoms with E-state index in [1.165, 1.54) is 0 Å². The van der Waals surface area contributed by atoms with E-state index >= 15 is 0 Å². The number of piperazine rings is 1. The summed E-state index contributed by atoms with van der Waals surface area (Å²) >= 11 is 0. The van der Waals surface area contributed by atoms with Gasteiger partial charge >= 0.3 is 0 Å². The van der Waals surface area contributed by atoms with Crippen LogP contribution in [0.1, 0.15) is 49.0 Å². The molecule has 0 bridgehead atoms. The van der Waals surface area contributed by atoms with Gasteiger partial charge < -0.3 is 24.8 Å². The molecule has 0 saturated carbocycles. The molecule has 0 spiro atoms. The summed E-state index contributed by atoms with van der Waals surface area (Å²) in [6.07, 6.45) is 5.04. The van der Waals surface area contributed by atoms with Crippen LogP contribution in [0.3, 0.4) is 0 Å². The first-order chi connectivity index (χ1) is 16.9. The number of hydrogen-bond donors (Lipinski definition) is 1. The number of piperidine rings is 1. The molecule has 3 heterocycles. The fourth-order valence-electron chi connectivity index (χ4n) is 4.98. The van der Waals surface area contributed by atoms with Crippen LogP contribution in [0.5, 0.6) is 5.75 Å². The molecule has 2 atom stereocenters. The Morgan fingerprint density at radius 2 is 1.71 bits per heavy atom. The van der Waals surface area contributed by atoms with Crippen LogP contribution in [-0.4, -0.2) is 78.5 Å². The normalized spacial score (nSPS) is 21.0. The van der Waals surface area contributed by atoms with Crippen LogP contribution in [0, 0.1) is 0 Å². The molecule has 0 aliphatic carbocycles. The van der Waals surface area contributed by atoms with E-state index in [1.54, 1.807) is 30.5 Å². The third-order valence-electron chi connectivity index (χ3n) is 7.07. The quantitative estimate of drug-likeness (QED) is 0.658. The van der Waals surface area contributed by atoms with Crippen LogP contribution in [-0.2, 0) is 11.3 Å². The van der Waals surface area contributed by atoms with E-state index in [0.29, 0.717) is 17.9 Å². The summed E-state index contributed by atoms with van der Waals surface area (Å²) < 4.78 is 5.73. The van der Waals surface area contributed by atoms with Crippen LogP contribution >= 0.6 is 0 Å². The van der Waals surface area contributed by atoms with Gasteiger partial charge in [-0.3, -0.25) is 9.59 Å². The summed E-state index contributed by atoms with van der Waals surface area (Å²) in [7, 11) is 2.13. The van der Waals surface area contributed by atoms with Crippen molar-refractivity contribution in [2.75, 3.05) is 44.7 Å². The maximum atomic E-state index is 12.8. The van der Waals surface area contributed by atoms with Gasteiger partial charge in [-0.2, -0.15) is 0 Å². The van der Waals surface area contributed by atoms with Crippen molar-refractivity contribution in [2.45, 2.75) is 51.7 Å². The summed E-state index contributed by atoms with van der Waals surface area (Å²) in [5.41, 5.74) is 1.55. The van der Waals surface area contributed by atoms with Gasteiger partial charge in [0.1, 0.15) is 11.6 Å². The van der Waals surface area contributed by atoms with Crippen LogP contribution in [0.2, 0.25) is 0 Å². The van der Waals surface area contributed by atoms with E-state index in [4.69, 9.17) is 4.74 Å². The van der Waals surface area contributed by atoms with Crippen LogP contribution in [0.4, 0.5) is 5.82 Å². The number of rotatable bonds is 7. The molecular formula is C27H37N5O3. The Morgan fingerprint density at radius 3 is 2.40 bits per heavy atom. The fourth-order valence-corrected chi connectivity index (χ4v) is 4.98. The monoisotopic (exact) mass is 479 g/mol. The number of nitrogens with one attached hydrogen (secondary N) is 1. The topological polar surface area (TPSA) is 78.0 Å². The molecule has 2 aliphatic heterocycles. The standard InChI is InChI=1S/C27H37N5O3/c1-20-6-4-7-21(2)32(20)25(33)19-35-24-11-9-22(10-12-24)27(34)29-18-23-8-5-13-28-26(23)31-16-14-30(3)15-17-31/h5,8-13,20-21H,4,6-7,14-19H2,1-3H3,(H,29,34). The molecule has 1 N–H and O–H groups in total. The van der Waals surface area contributed by atoms with Crippen molar-refractivity contribution in [1.82, 2.24) is 20.1 Å². The van der Waals surface area contributed by atoms with Gasteiger partial charge in [0.15, 0.2) is 6.61 Å². The molecule has 4 rings (SSSR count). The number of anilines is 1. The minimum Gasteiger partial charge on any atom is -0.484 e. The molecule has 2 saturated heterocycles. The lowest BCUT2D eigenvalue weighted by Crippen LogP contribution is -2.49. The minimum absolute atomic E-state index is 0.0102. The second-order valence-electron chi connectivity index (χ2n) is 9.70. The lowest BCUT2D eigenvalue weighted by atomic mass is 9.97. The number of likely N-dealkylation sites (N-methyl/N-ethyl adjacent to an activating group) is 1. The van der Waals surface area contributed by atoms with Crippen LogP contribution in [0.25, 0.3) is 0 Å². The van der Waals surface area contributed by atoms with Gasteiger partial charge in [-0.25, -0.2) is 4.98 Å². The predicted molar refractivity (Wildman–Crippen MR) is 137 cm³/mol. The maximum absolute atomic E-state index is 12.8. The molecule has 188 valence electrons. The zero-order chi connectivity index (χ0) is 24.8. The summed E-state index contributed by atoms with van der Waals surface area (Å²) in [5, 5.41) is 3.01. The maximum Gasteiger partial charge on any atom is 0.260 e. The Bertz CT molecular complexity index is 994.